The smallest absolute Gasteiger partial charge is 0.306 e. The first-order chi connectivity index (χ1) is 27.5. The summed E-state index contributed by atoms with van der Waals surface area (Å²) >= 11 is 0. The molecule has 56 heavy (non-hydrogen) atoms. The fraction of sp³-hybridized carbons (Fsp3) is 0.800. The van der Waals surface area contributed by atoms with Crippen LogP contribution in [0.3, 0.4) is 0 Å². The van der Waals surface area contributed by atoms with Crippen molar-refractivity contribution in [2.45, 2.75) is 251 Å². The highest BCUT2D eigenvalue weighted by atomic mass is 16.5. The second-order valence-electron chi connectivity index (χ2n) is 16.2. The van der Waals surface area contributed by atoms with Crippen molar-refractivity contribution in [3.05, 3.63) is 48.6 Å². The van der Waals surface area contributed by atoms with Crippen molar-refractivity contribution >= 4 is 11.9 Å². The van der Waals surface area contributed by atoms with Gasteiger partial charge in [0.25, 0.3) is 0 Å². The van der Waals surface area contributed by atoms with Gasteiger partial charge in [-0.3, -0.25) is 9.59 Å². The average molecular weight is 786 g/mol. The summed E-state index contributed by atoms with van der Waals surface area (Å²) in [6, 6.07) is -0.708. The molecule has 0 radical (unpaired) electrons. The zero-order chi connectivity index (χ0) is 41.0. The van der Waals surface area contributed by atoms with Gasteiger partial charge in [-0.25, -0.2) is 0 Å². The van der Waals surface area contributed by atoms with E-state index < -0.39 is 18.2 Å². The van der Waals surface area contributed by atoms with E-state index in [9.17, 15) is 19.8 Å². The van der Waals surface area contributed by atoms with Crippen LogP contribution in [0.1, 0.15) is 233 Å². The third-order valence-corrected chi connectivity index (χ3v) is 10.6. The summed E-state index contributed by atoms with van der Waals surface area (Å²) in [6.07, 6.45) is 51.7. The standard InChI is InChI=1S/C50H91NO5/c1-4-7-10-13-16-19-22-23-24-25-26-27-28-31-34-37-40-43-50(55)56-46(41-38-35-32-29-20-17-14-11-8-5-2)44-49(54)51-47(45-52)48(53)42-39-36-33-30-21-18-15-12-9-6-3/h16-17,19-20,23-24,26-27,46-48,52-53H,4-15,18,21-22,25,28-45H2,1-3H3,(H,51,54)/b19-16-,20-17-,24-23-,27-26-. The van der Waals surface area contributed by atoms with Crippen molar-refractivity contribution in [3.63, 3.8) is 0 Å². The Labute approximate surface area is 346 Å². The minimum Gasteiger partial charge on any atom is -0.462 e. The van der Waals surface area contributed by atoms with Gasteiger partial charge in [0.2, 0.25) is 5.91 Å². The number of hydrogen-bond donors (Lipinski definition) is 3. The highest BCUT2D eigenvalue weighted by Gasteiger charge is 2.24. The van der Waals surface area contributed by atoms with E-state index in [-0.39, 0.29) is 24.9 Å². The highest BCUT2D eigenvalue weighted by Crippen LogP contribution is 2.17. The van der Waals surface area contributed by atoms with Gasteiger partial charge in [-0.2, -0.15) is 0 Å². The van der Waals surface area contributed by atoms with Crippen molar-refractivity contribution < 1.29 is 24.5 Å². The van der Waals surface area contributed by atoms with E-state index in [1.165, 1.54) is 89.9 Å². The lowest BCUT2D eigenvalue weighted by Gasteiger charge is -2.24. The minimum absolute atomic E-state index is 0.0574. The van der Waals surface area contributed by atoms with Gasteiger partial charge in [-0.05, 0) is 89.9 Å². The Balaban J connectivity index is 4.58. The van der Waals surface area contributed by atoms with E-state index in [4.69, 9.17) is 4.74 Å². The molecule has 0 spiro atoms. The summed E-state index contributed by atoms with van der Waals surface area (Å²) in [5.74, 6) is -0.517. The molecule has 0 aromatic heterocycles. The monoisotopic (exact) mass is 786 g/mol. The first-order valence-electron chi connectivity index (χ1n) is 23.9. The van der Waals surface area contributed by atoms with Crippen LogP contribution in [-0.4, -0.2) is 46.9 Å². The minimum atomic E-state index is -0.793. The lowest BCUT2D eigenvalue weighted by atomic mass is 10.0. The number of aliphatic hydroxyl groups excluding tert-OH is 2. The molecule has 1 amide bonds. The summed E-state index contributed by atoms with van der Waals surface area (Å²) in [6.45, 7) is 6.39. The molecule has 0 bridgehead atoms. The van der Waals surface area contributed by atoms with Gasteiger partial charge in [0.15, 0.2) is 0 Å². The predicted molar refractivity (Wildman–Crippen MR) is 241 cm³/mol. The molecule has 0 aliphatic rings. The second kappa shape index (κ2) is 43.9. The molecule has 0 aromatic rings. The van der Waals surface area contributed by atoms with Gasteiger partial charge in [0.05, 0.1) is 25.2 Å². The lowest BCUT2D eigenvalue weighted by Crippen LogP contribution is -2.46. The topological polar surface area (TPSA) is 95.9 Å². The van der Waals surface area contributed by atoms with E-state index >= 15 is 0 Å². The summed E-state index contributed by atoms with van der Waals surface area (Å²) in [4.78, 5) is 26.0. The number of amides is 1. The van der Waals surface area contributed by atoms with Crippen LogP contribution in [0.2, 0.25) is 0 Å². The molecule has 0 saturated heterocycles. The predicted octanol–water partition coefficient (Wildman–Crippen LogP) is 13.9. The normalized spacial score (nSPS) is 13.7. The number of aliphatic hydroxyl groups is 2. The number of allylic oxidation sites excluding steroid dienone is 8. The van der Waals surface area contributed by atoms with E-state index in [0.717, 1.165) is 96.3 Å². The fourth-order valence-corrected chi connectivity index (χ4v) is 6.96. The SMILES string of the molecule is CCCCC/C=C\C/C=C\C/C=C\CCCCCCC(=O)OC(CCCCC/C=C\CCCCC)CC(=O)NC(CO)C(O)CCCCCCCCCCCC. The molecule has 6 nitrogen and oxygen atoms in total. The maximum Gasteiger partial charge on any atom is 0.306 e. The van der Waals surface area contributed by atoms with Crippen LogP contribution in [0.15, 0.2) is 48.6 Å². The molecular weight excluding hydrogens is 695 g/mol. The van der Waals surface area contributed by atoms with Crippen LogP contribution in [0.4, 0.5) is 0 Å². The summed E-state index contributed by atoms with van der Waals surface area (Å²) in [5.41, 5.74) is 0. The van der Waals surface area contributed by atoms with Crippen LogP contribution in [0.25, 0.3) is 0 Å². The Bertz CT molecular complexity index is 972. The summed E-state index contributed by atoms with van der Waals surface area (Å²) in [5, 5.41) is 23.6. The third-order valence-electron chi connectivity index (χ3n) is 10.6. The summed E-state index contributed by atoms with van der Waals surface area (Å²) in [7, 11) is 0. The second-order valence-corrected chi connectivity index (χ2v) is 16.2. The maximum absolute atomic E-state index is 13.1. The molecule has 0 aromatic carbocycles. The molecule has 326 valence electrons. The molecule has 0 aliphatic carbocycles. The van der Waals surface area contributed by atoms with Crippen LogP contribution >= 0.6 is 0 Å². The molecule has 6 heteroatoms. The van der Waals surface area contributed by atoms with Gasteiger partial charge < -0.3 is 20.3 Å². The van der Waals surface area contributed by atoms with Gasteiger partial charge in [0.1, 0.15) is 6.10 Å². The summed E-state index contributed by atoms with van der Waals surface area (Å²) < 4.78 is 5.89. The lowest BCUT2D eigenvalue weighted by molar-refractivity contribution is -0.151. The van der Waals surface area contributed by atoms with Gasteiger partial charge in [0, 0.05) is 6.42 Å². The largest absolute Gasteiger partial charge is 0.462 e. The van der Waals surface area contributed by atoms with Crippen molar-refractivity contribution in [1.82, 2.24) is 5.32 Å². The Morgan fingerprint density at radius 2 is 0.911 bits per heavy atom. The highest BCUT2D eigenvalue weighted by molar-refractivity contribution is 5.77. The van der Waals surface area contributed by atoms with Crippen molar-refractivity contribution in [2.75, 3.05) is 6.61 Å². The number of carbonyl (C=O) groups is 2. The van der Waals surface area contributed by atoms with Crippen LogP contribution in [-0.2, 0) is 14.3 Å². The number of ether oxygens (including phenoxy) is 1. The van der Waals surface area contributed by atoms with Gasteiger partial charge in [-0.1, -0.05) is 179 Å². The Kier molecular flexibility index (Phi) is 42.2. The third kappa shape index (κ3) is 38.7. The fourth-order valence-electron chi connectivity index (χ4n) is 6.96. The van der Waals surface area contributed by atoms with E-state index in [0.29, 0.717) is 19.3 Å². The number of nitrogens with one attached hydrogen (secondary N) is 1. The zero-order valence-corrected chi connectivity index (χ0v) is 37.0. The number of esters is 1. The molecule has 0 saturated carbocycles. The van der Waals surface area contributed by atoms with Crippen molar-refractivity contribution in [1.29, 1.82) is 0 Å². The molecule has 0 heterocycles. The quantitative estimate of drug-likeness (QED) is 0.0325. The Hall–Kier alpha value is -2.18. The van der Waals surface area contributed by atoms with Crippen molar-refractivity contribution in [3.8, 4) is 0 Å². The number of carbonyl (C=O) groups excluding carboxylic acids is 2. The molecular formula is C50H91NO5. The van der Waals surface area contributed by atoms with Crippen LogP contribution in [0, 0.1) is 0 Å². The van der Waals surface area contributed by atoms with Crippen LogP contribution in [0.5, 0.6) is 0 Å². The van der Waals surface area contributed by atoms with E-state index in [1.807, 2.05) is 0 Å². The Morgan fingerprint density at radius 1 is 0.518 bits per heavy atom. The van der Waals surface area contributed by atoms with Crippen molar-refractivity contribution in [2.24, 2.45) is 0 Å². The van der Waals surface area contributed by atoms with Gasteiger partial charge in [-0.15, -0.1) is 0 Å². The average Bonchev–Trinajstić information content (AvgIpc) is 3.19. The number of unbranched alkanes of at least 4 members (excludes halogenated alkanes) is 22. The van der Waals surface area contributed by atoms with E-state index in [1.54, 1.807) is 0 Å². The maximum atomic E-state index is 13.1. The molecule has 0 rings (SSSR count). The first kappa shape index (κ1) is 53.8. The molecule has 0 aliphatic heterocycles. The first-order valence-corrected chi connectivity index (χ1v) is 23.9. The van der Waals surface area contributed by atoms with Gasteiger partial charge >= 0.3 is 5.97 Å². The molecule has 0 fully saturated rings. The van der Waals surface area contributed by atoms with Crippen LogP contribution < -0.4 is 5.32 Å². The molecule has 3 N–H and O–H groups in total. The number of hydrogen-bond acceptors (Lipinski definition) is 5. The molecule has 3 atom stereocenters. The Morgan fingerprint density at radius 3 is 1.45 bits per heavy atom. The number of rotatable bonds is 42. The van der Waals surface area contributed by atoms with E-state index in [2.05, 4.69) is 74.7 Å². The zero-order valence-electron chi connectivity index (χ0n) is 37.0. The molecule has 3 unspecified atom stereocenters.